The molecule has 4 rings (SSSR count). The van der Waals surface area contributed by atoms with Crippen LogP contribution in [-0.4, -0.2) is 54.2 Å². The molecule has 2 aliphatic heterocycles. The number of amides is 3. The van der Waals surface area contributed by atoms with Crippen LogP contribution in [0.15, 0.2) is 54.6 Å². The van der Waals surface area contributed by atoms with Crippen molar-refractivity contribution in [2.24, 2.45) is 0 Å². The standard InChI is InChI=1S/C21H23N3O3/c1-23-14-21(27-20(23)26)11-6-12-24(15-21)19(25)22-18-10-5-9-17(13-18)16-7-3-2-4-8-16/h2-5,7-10,13H,6,11-12,14-15H2,1H3,(H,22,25). The second kappa shape index (κ2) is 6.95. The van der Waals surface area contributed by atoms with E-state index in [2.05, 4.69) is 5.32 Å². The Morgan fingerprint density at radius 2 is 1.85 bits per heavy atom. The maximum absolute atomic E-state index is 12.8. The molecule has 2 aliphatic rings. The molecule has 0 bridgehead atoms. The highest BCUT2D eigenvalue weighted by Gasteiger charge is 2.47. The molecule has 2 heterocycles. The number of anilines is 1. The van der Waals surface area contributed by atoms with Crippen LogP contribution in [0.2, 0.25) is 0 Å². The number of likely N-dealkylation sites (N-methyl/N-ethyl adjacent to an activating group) is 1. The van der Waals surface area contributed by atoms with Crippen LogP contribution in [0.4, 0.5) is 15.3 Å². The van der Waals surface area contributed by atoms with Gasteiger partial charge in [0.15, 0.2) is 0 Å². The number of benzene rings is 2. The van der Waals surface area contributed by atoms with E-state index in [9.17, 15) is 9.59 Å². The molecule has 2 fully saturated rings. The first-order valence-electron chi connectivity index (χ1n) is 9.20. The number of hydrogen-bond acceptors (Lipinski definition) is 3. The minimum absolute atomic E-state index is 0.162. The molecular weight excluding hydrogens is 342 g/mol. The number of likely N-dealkylation sites (tertiary alicyclic amines) is 1. The third kappa shape index (κ3) is 3.60. The van der Waals surface area contributed by atoms with Crippen LogP contribution >= 0.6 is 0 Å². The van der Waals surface area contributed by atoms with Crippen molar-refractivity contribution in [2.45, 2.75) is 18.4 Å². The lowest BCUT2D eigenvalue weighted by molar-refractivity contribution is 0.00497. The highest BCUT2D eigenvalue weighted by Crippen LogP contribution is 2.31. The summed E-state index contributed by atoms with van der Waals surface area (Å²) in [6.45, 7) is 1.61. The first kappa shape index (κ1) is 17.4. The number of piperidine rings is 1. The van der Waals surface area contributed by atoms with Crippen molar-refractivity contribution >= 4 is 17.8 Å². The molecule has 2 saturated heterocycles. The Balaban J connectivity index is 1.46. The Bertz CT molecular complexity index is 855. The van der Waals surface area contributed by atoms with Crippen molar-refractivity contribution in [2.75, 3.05) is 32.0 Å². The van der Waals surface area contributed by atoms with Gasteiger partial charge in [-0.15, -0.1) is 0 Å². The van der Waals surface area contributed by atoms with Crippen LogP contribution in [0.5, 0.6) is 0 Å². The minimum Gasteiger partial charge on any atom is -0.439 e. The van der Waals surface area contributed by atoms with E-state index in [-0.39, 0.29) is 12.1 Å². The molecule has 6 heteroatoms. The highest BCUT2D eigenvalue weighted by molar-refractivity contribution is 5.90. The summed E-state index contributed by atoms with van der Waals surface area (Å²) < 4.78 is 5.57. The van der Waals surface area contributed by atoms with Gasteiger partial charge in [0.05, 0.1) is 13.1 Å². The lowest BCUT2D eigenvalue weighted by Gasteiger charge is -2.38. The molecule has 0 saturated carbocycles. The molecule has 0 aliphatic carbocycles. The maximum Gasteiger partial charge on any atom is 0.410 e. The van der Waals surface area contributed by atoms with Crippen LogP contribution in [0.25, 0.3) is 11.1 Å². The molecule has 2 aromatic rings. The van der Waals surface area contributed by atoms with Crippen LogP contribution in [-0.2, 0) is 4.74 Å². The van der Waals surface area contributed by atoms with E-state index in [1.165, 1.54) is 0 Å². The van der Waals surface area contributed by atoms with Gasteiger partial charge >= 0.3 is 12.1 Å². The zero-order chi connectivity index (χ0) is 18.9. The molecule has 1 unspecified atom stereocenters. The fourth-order valence-corrected chi connectivity index (χ4v) is 3.89. The van der Waals surface area contributed by atoms with Gasteiger partial charge in [-0.05, 0) is 36.1 Å². The zero-order valence-electron chi connectivity index (χ0n) is 15.4. The molecule has 3 amide bonds. The predicted octanol–water partition coefficient (Wildman–Crippen LogP) is 3.80. The quantitative estimate of drug-likeness (QED) is 0.880. The minimum atomic E-state index is -0.576. The number of carbonyl (C=O) groups is 2. The normalized spacial score (nSPS) is 22.0. The summed E-state index contributed by atoms with van der Waals surface area (Å²) in [6, 6.07) is 17.7. The fourth-order valence-electron chi connectivity index (χ4n) is 3.89. The van der Waals surface area contributed by atoms with E-state index < -0.39 is 5.60 Å². The Morgan fingerprint density at radius 3 is 2.59 bits per heavy atom. The van der Waals surface area contributed by atoms with E-state index in [0.29, 0.717) is 19.6 Å². The summed E-state index contributed by atoms with van der Waals surface area (Å²) >= 11 is 0. The van der Waals surface area contributed by atoms with E-state index in [0.717, 1.165) is 29.7 Å². The summed E-state index contributed by atoms with van der Waals surface area (Å²) in [6.07, 6.45) is 1.29. The first-order chi connectivity index (χ1) is 13.0. The van der Waals surface area contributed by atoms with Gasteiger partial charge in [0.25, 0.3) is 0 Å². The third-order valence-corrected chi connectivity index (χ3v) is 5.19. The Labute approximate surface area is 158 Å². The fraction of sp³-hybridized carbons (Fsp3) is 0.333. The number of ether oxygens (including phenoxy) is 1. The van der Waals surface area contributed by atoms with Crippen molar-refractivity contribution in [3.05, 3.63) is 54.6 Å². The average Bonchev–Trinajstić information content (AvgIpc) is 2.95. The maximum atomic E-state index is 12.8. The van der Waals surface area contributed by atoms with Crippen LogP contribution in [0.3, 0.4) is 0 Å². The lowest BCUT2D eigenvalue weighted by atomic mass is 9.93. The van der Waals surface area contributed by atoms with E-state index in [1.807, 2.05) is 54.6 Å². The number of carbonyl (C=O) groups excluding carboxylic acids is 2. The van der Waals surface area contributed by atoms with Crippen molar-refractivity contribution in [1.82, 2.24) is 9.80 Å². The molecule has 140 valence electrons. The molecule has 27 heavy (non-hydrogen) atoms. The molecular formula is C21H23N3O3. The number of nitrogens with one attached hydrogen (secondary N) is 1. The second-order valence-corrected chi connectivity index (χ2v) is 7.31. The largest absolute Gasteiger partial charge is 0.439 e. The SMILES string of the molecule is CN1CC2(CCCN(C(=O)Nc3cccc(-c4ccccc4)c3)C2)OC1=O. The van der Waals surface area contributed by atoms with Crippen LogP contribution < -0.4 is 5.32 Å². The number of hydrogen-bond donors (Lipinski definition) is 1. The van der Waals surface area contributed by atoms with Gasteiger partial charge < -0.3 is 19.9 Å². The van der Waals surface area contributed by atoms with Gasteiger partial charge in [-0.1, -0.05) is 42.5 Å². The summed E-state index contributed by atoms with van der Waals surface area (Å²) in [4.78, 5) is 27.9. The third-order valence-electron chi connectivity index (χ3n) is 5.19. The van der Waals surface area contributed by atoms with Gasteiger partial charge in [-0.2, -0.15) is 0 Å². The van der Waals surface area contributed by atoms with E-state index >= 15 is 0 Å². The van der Waals surface area contributed by atoms with E-state index in [1.54, 1.807) is 16.8 Å². The van der Waals surface area contributed by atoms with Gasteiger partial charge in [0.1, 0.15) is 5.60 Å². The molecule has 6 nitrogen and oxygen atoms in total. The summed E-state index contributed by atoms with van der Waals surface area (Å²) in [7, 11) is 1.73. The first-order valence-corrected chi connectivity index (χ1v) is 9.20. The van der Waals surface area contributed by atoms with Crippen molar-refractivity contribution in [1.29, 1.82) is 0 Å². The average molecular weight is 365 g/mol. The van der Waals surface area contributed by atoms with Gasteiger partial charge in [0, 0.05) is 19.3 Å². The van der Waals surface area contributed by atoms with Crippen molar-refractivity contribution in [3.63, 3.8) is 0 Å². The zero-order valence-corrected chi connectivity index (χ0v) is 15.4. The molecule has 1 spiro atoms. The smallest absolute Gasteiger partial charge is 0.410 e. The number of rotatable bonds is 2. The van der Waals surface area contributed by atoms with Crippen molar-refractivity contribution < 1.29 is 14.3 Å². The predicted molar refractivity (Wildman–Crippen MR) is 104 cm³/mol. The molecule has 0 aromatic heterocycles. The topological polar surface area (TPSA) is 61.9 Å². The summed E-state index contributed by atoms with van der Waals surface area (Å²) in [5.41, 5.74) is 2.33. The highest BCUT2D eigenvalue weighted by atomic mass is 16.6. The molecule has 2 aromatic carbocycles. The molecule has 1 atom stereocenters. The van der Waals surface area contributed by atoms with Gasteiger partial charge in [0.2, 0.25) is 0 Å². The Hall–Kier alpha value is -3.02. The van der Waals surface area contributed by atoms with Gasteiger partial charge in [-0.25, -0.2) is 9.59 Å². The number of nitrogens with zero attached hydrogens (tertiary/aromatic N) is 2. The summed E-state index contributed by atoms with van der Waals surface area (Å²) in [5, 5.41) is 2.98. The lowest BCUT2D eigenvalue weighted by Crippen LogP contribution is -2.53. The van der Waals surface area contributed by atoms with Crippen LogP contribution in [0.1, 0.15) is 12.8 Å². The van der Waals surface area contributed by atoms with Crippen molar-refractivity contribution in [3.8, 4) is 11.1 Å². The number of urea groups is 1. The van der Waals surface area contributed by atoms with Gasteiger partial charge in [-0.3, -0.25) is 0 Å². The van der Waals surface area contributed by atoms with E-state index in [4.69, 9.17) is 4.74 Å². The van der Waals surface area contributed by atoms with Crippen LogP contribution in [0, 0.1) is 0 Å². The molecule has 0 radical (unpaired) electrons. The molecule has 1 N–H and O–H groups in total. The monoisotopic (exact) mass is 365 g/mol. The second-order valence-electron chi connectivity index (χ2n) is 7.31. The Kier molecular flexibility index (Phi) is 4.48. The summed E-state index contributed by atoms with van der Waals surface area (Å²) in [5.74, 6) is 0. The Morgan fingerprint density at radius 1 is 1.07 bits per heavy atom.